The minimum atomic E-state index is -0.608. The Morgan fingerprint density at radius 3 is 2.00 bits per heavy atom. The van der Waals surface area contributed by atoms with Crippen LogP contribution in [-0.2, 0) is 11.3 Å². The number of Topliss-reactive ketones (excluding diaryl/α,β-unsaturated/α-hetero) is 1. The standard InChI is InChI=1S/C36H37NO6/c1-17(2)27-22-12-19(5)29(32(39)23(22)14-26(38)34(27)41)30-20(6)13-24-28(18(3)4)36(43)33(40)25(31(24)35(30)42)16-37-15-21-10-8-7-9-11-21/h7-14,16-18,37-39,41-43H,15H2,1-6H3/b25-16-. The van der Waals surface area contributed by atoms with Gasteiger partial charge in [0.2, 0.25) is 5.78 Å². The highest BCUT2D eigenvalue weighted by molar-refractivity contribution is 6.33. The molecule has 5 rings (SSSR count). The van der Waals surface area contributed by atoms with Gasteiger partial charge in [-0.1, -0.05) is 70.2 Å². The average molecular weight is 580 g/mol. The lowest BCUT2D eigenvalue weighted by molar-refractivity contribution is -0.112. The number of aromatic hydroxyl groups is 4. The predicted octanol–water partition coefficient (Wildman–Crippen LogP) is 7.71. The van der Waals surface area contributed by atoms with E-state index in [1.807, 2.05) is 70.2 Å². The molecule has 43 heavy (non-hydrogen) atoms. The van der Waals surface area contributed by atoms with Gasteiger partial charge in [-0.3, -0.25) is 4.79 Å². The van der Waals surface area contributed by atoms with Crippen LogP contribution in [0.25, 0.3) is 33.0 Å². The lowest BCUT2D eigenvalue weighted by atomic mass is 9.77. The summed E-state index contributed by atoms with van der Waals surface area (Å²) in [6.07, 6.45) is 1.52. The average Bonchev–Trinajstić information content (AvgIpc) is 2.94. The number of carbonyl (C=O) groups excluding carboxylic acids is 1. The van der Waals surface area contributed by atoms with Gasteiger partial charge in [0, 0.05) is 46.0 Å². The highest BCUT2D eigenvalue weighted by atomic mass is 16.3. The number of rotatable bonds is 6. The predicted molar refractivity (Wildman–Crippen MR) is 170 cm³/mol. The van der Waals surface area contributed by atoms with Gasteiger partial charge in [-0.05, 0) is 59.4 Å². The molecule has 4 aromatic rings. The molecule has 7 nitrogen and oxygen atoms in total. The number of aryl methyl sites for hydroxylation is 2. The number of ketones is 1. The molecule has 0 heterocycles. The number of hydrogen-bond acceptors (Lipinski definition) is 7. The maximum Gasteiger partial charge on any atom is 0.229 e. The third-order valence-corrected chi connectivity index (χ3v) is 8.18. The lowest BCUT2D eigenvalue weighted by Gasteiger charge is -2.28. The van der Waals surface area contributed by atoms with Crippen LogP contribution in [0, 0.1) is 19.8 Å². The summed E-state index contributed by atoms with van der Waals surface area (Å²) in [4.78, 5) is 13.6. The van der Waals surface area contributed by atoms with Gasteiger partial charge in [0.15, 0.2) is 17.3 Å². The van der Waals surface area contributed by atoms with Gasteiger partial charge in [-0.15, -0.1) is 0 Å². The molecule has 1 aliphatic carbocycles. The Hall–Kier alpha value is -4.91. The molecule has 0 radical (unpaired) electrons. The molecule has 0 bridgehead atoms. The Balaban J connectivity index is 1.79. The maximum atomic E-state index is 13.6. The van der Waals surface area contributed by atoms with Gasteiger partial charge in [0.25, 0.3) is 0 Å². The van der Waals surface area contributed by atoms with Crippen molar-refractivity contribution >= 4 is 27.7 Å². The Kier molecular flexibility index (Phi) is 7.61. The van der Waals surface area contributed by atoms with E-state index in [1.165, 1.54) is 12.3 Å². The van der Waals surface area contributed by atoms with Crippen LogP contribution in [0.5, 0.6) is 23.0 Å². The normalized spacial score (nSPS) is 14.3. The van der Waals surface area contributed by atoms with E-state index < -0.39 is 5.78 Å². The van der Waals surface area contributed by atoms with Crippen LogP contribution in [0.15, 0.2) is 60.5 Å². The van der Waals surface area contributed by atoms with Crippen molar-refractivity contribution in [2.24, 2.45) is 5.92 Å². The molecule has 0 unspecified atom stereocenters. The first kappa shape index (κ1) is 29.6. The zero-order valence-electron chi connectivity index (χ0n) is 25.2. The number of fused-ring (bicyclic) bond motifs is 2. The number of phenolic OH excluding ortho intramolecular Hbond substituents is 4. The third kappa shape index (κ3) is 4.84. The summed E-state index contributed by atoms with van der Waals surface area (Å²) in [7, 11) is 0. The fraction of sp³-hybridized carbons (Fsp3) is 0.250. The van der Waals surface area contributed by atoms with Crippen LogP contribution in [0.1, 0.15) is 67.0 Å². The van der Waals surface area contributed by atoms with E-state index in [0.29, 0.717) is 56.3 Å². The van der Waals surface area contributed by atoms with Crippen LogP contribution < -0.4 is 5.32 Å². The second-order valence-corrected chi connectivity index (χ2v) is 11.8. The van der Waals surface area contributed by atoms with Crippen molar-refractivity contribution in [2.75, 3.05) is 0 Å². The summed E-state index contributed by atoms with van der Waals surface area (Å²) in [5, 5.41) is 59.9. The number of hydrogen-bond donors (Lipinski definition) is 6. The molecule has 7 heteroatoms. The van der Waals surface area contributed by atoms with Gasteiger partial charge in [0.1, 0.15) is 11.5 Å². The van der Waals surface area contributed by atoms with Gasteiger partial charge in [-0.2, -0.15) is 0 Å². The first-order chi connectivity index (χ1) is 20.3. The van der Waals surface area contributed by atoms with Crippen molar-refractivity contribution in [1.29, 1.82) is 0 Å². The molecule has 0 amide bonds. The van der Waals surface area contributed by atoms with Gasteiger partial charge in [-0.25, -0.2) is 0 Å². The summed E-state index contributed by atoms with van der Waals surface area (Å²) < 4.78 is 0. The summed E-state index contributed by atoms with van der Waals surface area (Å²) >= 11 is 0. The number of aliphatic hydroxyl groups is 1. The van der Waals surface area contributed by atoms with Crippen molar-refractivity contribution in [1.82, 2.24) is 5.32 Å². The largest absolute Gasteiger partial charge is 0.507 e. The molecule has 6 N–H and O–H groups in total. The molecule has 0 aromatic heterocycles. The molecule has 0 fully saturated rings. The Morgan fingerprint density at radius 2 is 1.37 bits per heavy atom. The number of aliphatic hydroxyl groups excluding tert-OH is 1. The molecular weight excluding hydrogens is 542 g/mol. The van der Waals surface area contributed by atoms with Gasteiger partial charge in [0.05, 0.1) is 5.57 Å². The molecule has 0 saturated carbocycles. The van der Waals surface area contributed by atoms with Crippen molar-refractivity contribution < 1.29 is 30.3 Å². The molecule has 4 aromatic carbocycles. The quantitative estimate of drug-likeness (QED) is 0.102. The highest BCUT2D eigenvalue weighted by Crippen LogP contribution is 2.52. The third-order valence-electron chi connectivity index (χ3n) is 8.18. The van der Waals surface area contributed by atoms with E-state index in [4.69, 9.17) is 0 Å². The molecule has 1 aliphatic rings. The fourth-order valence-electron chi connectivity index (χ4n) is 6.24. The lowest BCUT2D eigenvalue weighted by Crippen LogP contribution is -2.20. The first-order valence-corrected chi connectivity index (χ1v) is 14.4. The smallest absolute Gasteiger partial charge is 0.229 e. The summed E-state index contributed by atoms with van der Waals surface area (Å²) in [6.45, 7) is 11.5. The maximum absolute atomic E-state index is 13.6. The number of benzene rings is 4. The van der Waals surface area contributed by atoms with Crippen molar-refractivity contribution in [3.8, 4) is 34.1 Å². The molecular formula is C36H37NO6. The van der Waals surface area contributed by atoms with Crippen molar-refractivity contribution in [3.63, 3.8) is 0 Å². The van der Waals surface area contributed by atoms with E-state index >= 15 is 0 Å². The number of carbonyl (C=O) groups is 1. The van der Waals surface area contributed by atoms with E-state index in [9.17, 15) is 30.3 Å². The molecule has 0 saturated heterocycles. The van der Waals surface area contributed by atoms with Crippen LogP contribution in [0.3, 0.4) is 0 Å². The zero-order valence-corrected chi connectivity index (χ0v) is 25.2. The first-order valence-electron chi connectivity index (χ1n) is 14.4. The summed E-state index contributed by atoms with van der Waals surface area (Å²) in [5.41, 5.74) is 4.79. The second kappa shape index (κ2) is 11.1. The molecule has 0 atom stereocenters. The van der Waals surface area contributed by atoms with Crippen LogP contribution in [0.2, 0.25) is 0 Å². The van der Waals surface area contributed by atoms with E-state index in [0.717, 1.165) is 5.56 Å². The fourth-order valence-corrected chi connectivity index (χ4v) is 6.24. The molecule has 0 spiro atoms. The highest BCUT2D eigenvalue weighted by Gasteiger charge is 2.35. The van der Waals surface area contributed by atoms with Crippen LogP contribution >= 0.6 is 0 Å². The van der Waals surface area contributed by atoms with E-state index in [1.54, 1.807) is 13.8 Å². The minimum absolute atomic E-state index is 0.106. The minimum Gasteiger partial charge on any atom is -0.507 e. The number of allylic oxidation sites excluding steroid dienone is 2. The SMILES string of the molecule is Cc1cc2c(c(O)c1-c1c(C)cc3c(C(C)C)c(O)c(O)cc3c1O)/C(=C/NCc1ccccc1)C(=O)C(O)=C2C(C)C. The van der Waals surface area contributed by atoms with Crippen LogP contribution in [0.4, 0.5) is 0 Å². The Morgan fingerprint density at radius 1 is 0.744 bits per heavy atom. The van der Waals surface area contributed by atoms with Crippen molar-refractivity contribution in [3.05, 3.63) is 93.9 Å². The molecule has 0 aliphatic heterocycles. The van der Waals surface area contributed by atoms with Crippen molar-refractivity contribution in [2.45, 2.75) is 54.0 Å². The van der Waals surface area contributed by atoms with Crippen LogP contribution in [-0.4, -0.2) is 31.3 Å². The zero-order chi connectivity index (χ0) is 31.3. The Bertz CT molecular complexity index is 1850. The number of nitrogens with one attached hydrogen (secondary N) is 1. The number of phenols is 4. The monoisotopic (exact) mass is 579 g/mol. The van der Waals surface area contributed by atoms with Gasteiger partial charge < -0.3 is 30.8 Å². The summed E-state index contributed by atoms with van der Waals surface area (Å²) in [5.74, 6) is -2.27. The van der Waals surface area contributed by atoms with E-state index in [2.05, 4.69) is 5.32 Å². The summed E-state index contributed by atoms with van der Waals surface area (Å²) in [6, 6.07) is 14.6. The molecule has 222 valence electrons. The Labute approximate surface area is 251 Å². The van der Waals surface area contributed by atoms with Gasteiger partial charge >= 0.3 is 0 Å². The topological polar surface area (TPSA) is 130 Å². The second-order valence-electron chi connectivity index (χ2n) is 11.8. The van der Waals surface area contributed by atoms with E-state index in [-0.39, 0.29) is 51.7 Å².